The highest BCUT2D eigenvalue weighted by Crippen LogP contribution is 2.12. The molecule has 0 aliphatic heterocycles. The number of carboxylic acids is 1. The maximum absolute atomic E-state index is 12.2. The molecule has 1 amide bonds. The van der Waals surface area contributed by atoms with Crippen LogP contribution in [0.15, 0.2) is 33.5 Å². The lowest BCUT2D eigenvalue weighted by Crippen LogP contribution is -2.43. The van der Waals surface area contributed by atoms with Crippen LogP contribution >= 0.6 is 0 Å². The number of oxazole rings is 1. The van der Waals surface area contributed by atoms with Crippen LogP contribution in [0.5, 0.6) is 0 Å². The van der Waals surface area contributed by atoms with Gasteiger partial charge in [-0.25, -0.2) is 4.79 Å². The fourth-order valence-electron chi connectivity index (χ4n) is 2.09. The van der Waals surface area contributed by atoms with E-state index in [2.05, 4.69) is 0 Å². The number of hydrogen-bond acceptors (Lipinski definition) is 4. The minimum Gasteiger partial charge on any atom is -0.480 e. The van der Waals surface area contributed by atoms with Crippen molar-refractivity contribution in [2.24, 2.45) is 0 Å². The van der Waals surface area contributed by atoms with Crippen LogP contribution in [0.4, 0.5) is 0 Å². The standard InChI is InChI=1S/C14H16N2O5/c1-9(2)15(8-13(18)19)12(17)7-16-10-5-3-4-6-11(10)21-14(16)20/h3-6,9H,7-8H2,1-2H3,(H,18,19). The van der Waals surface area contributed by atoms with Gasteiger partial charge in [0.25, 0.3) is 0 Å². The number of carbonyl (C=O) groups excluding carboxylic acids is 1. The van der Waals surface area contributed by atoms with Crippen LogP contribution in [-0.2, 0) is 16.1 Å². The molecular weight excluding hydrogens is 276 g/mol. The van der Waals surface area contributed by atoms with Crippen LogP contribution in [0.1, 0.15) is 13.8 Å². The molecule has 2 rings (SSSR count). The Bertz CT molecular complexity index is 728. The third-order valence-electron chi connectivity index (χ3n) is 3.12. The van der Waals surface area contributed by atoms with Gasteiger partial charge in [-0.1, -0.05) is 12.1 Å². The molecule has 0 bridgehead atoms. The van der Waals surface area contributed by atoms with Crippen LogP contribution in [0, 0.1) is 0 Å². The van der Waals surface area contributed by atoms with Crippen LogP contribution in [0.3, 0.4) is 0 Å². The zero-order chi connectivity index (χ0) is 15.6. The van der Waals surface area contributed by atoms with E-state index in [9.17, 15) is 14.4 Å². The van der Waals surface area contributed by atoms with Crippen molar-refractivity contribution in [3.63, 3.8) is 0 Å². The fraction of sp³-hybridized carbons (Fsp3) is 0.357. The number of nitrogens with zero attached hydrogens (tertiary/aromatic N) is 2. The number of aromatic nitrogens is 1. The number of amides is 1. The van der Waals surface area contributed by atoms with E-state index in [4.69, 9.17) is 9.52 Å². The molecule has 7 nitrogen and oxygen atoms in total. The summed E-state index contributed by atoms with van der Waals surface area (Å²) in [5.74, 6) is -2.17. The van der Waals surface area contributed by atoms with Gasteiger partial charge in [0.2, 0.25) is 5.91 Å². The first-order valence-electron chi connectivity index (χ1n) is 6.49. The molecule has 0 atom stereocenters. The Labute approximate surface area is 120 Å². The molecule has 0 fully saturated rings. The Morgan fingerprint density at radius 3 is 2.62 bits per heavy atom. The second-order valence-corrected chi connectivity index (χ2v) is 4.93. The minimum absolute atomic E-state index is 0.249. The van der Waals surface area contributed by atoms with Gasteiger partial charge in [-0.3, -0.25) is 14.2 Å². The Kier molecular flexibility index (Phi) is 4.11. The smallest absolute Gasteiger partial charge is 0.420 e. The molecule has 0 aliphatic carbocycles. The second kappa shape index (κ2) is 5.82. The molecule has 0 unspecified atom stereocenters. The number of rotatable bonds is 5. The topological polar surface area (TPSA) is 92.8 Å². The van der Waals surface area contributed by atoms with E-state index in [-0.39, 0.29) is 12.6 Å². The summed E-state index contributed by atoms with van der Waals surface area (Å²) < 4.78 is 6.24. The molecule has 1 aromatic carbocycles. The van der Waals surface area contributed by atoms with E-state index >= 15 is 0 Å². The van der Waals surface area contributed by atoms with Crippen molar-refractivity contribution in [2.75, 3.05) is 6.54 Å². The van der Waals surface area contributed by atoms with E-state index in [1.165, 1.54) is 9.47 Å². The Morgan fingerprint density at radius 2 is 2.00 bits per heavy atom. The van der Waals surface area contributed by atoms with Crippen LogP contribution in [0.2, 0.25) is 0 Å². The van der Waals surface area contributed by atoms with Crippen molar-refractivity contribution in [3.05, 3.63) is 34.8 Å². The SMILES string of the molecule is CC(C)N(CC(=O)O)C(=O)Cn1c(=O)oc2ccccc21. The largest absolute Gasteiger partial charge is 0.480 e. The van der Waals surface area contributed by atoms with Gasteiger partial charge in [0.1, 0.15) is 13.1 Å². The summed E-state index contributed by atoms with van der Waals surface area (Å²) >= 11 is 0. The zero-order valence-corrected chi connectivity index (χ0v) is 11.8. The van der Waals surface area contributed by atoms with Crippen molar-refractivity contribution in [1.82, 2.24) is 9.47 Å². The summed E-state index contributed by atoms with van der Waals surface area (Å²) in [4.78, 5) is 36.1. The van der Waals surface area contributed by atoms with E-state index in [1.54, 1.807) is 38.1 Å². The van der Waals surface area contributed by atoms with Gasteiger partial charge < -0.3 is 14.4 Å². The molecular formula is C14H16N2O5. The van der Waals surface area contributed by atoms with E-state index in [0.717, 1.165) is 0 Å². The van der Waals surface area contributed by atoms with Gasteiger partial charge in [-0.2, -0.15) is 0 Å². The summed E-state index contributed by atoms with van der Waals surface area (Å²) in [5.41, 5.74) is 0.902. The summed E-state index contributed by atoms with van der Waals surface area (Å²) in [5, 5.41) is 8.85. The highest BCUT2D eigenvalue weighted by molar-refractivity contribution is 5.83. The Hall–Kier alpha value is -2.57. The van der Waals surface area contributed by atoms with Crippen LogP contribution in [0.25, 0.3) is 11.1 Å². The van der Waals surface area contributed by atoms with E-state index < -0.39 is 24.2 Å². The van der Waals surface area contributed by atoms with Crippen molar-refractivity contribution in [2.45, 2.75) is 26.4 Å². The average molecular weight is 292 g/mol. The number of hydrogen-bond donors (Lipinski definition) is 1. The summed E-state index contributed by atoms with van der Waals surface area (Å²) in [6, 6.07) is 6.49. The van der Waals surface area contributed by atoms with E-state index in [1.807, 2.05) is 0 Å². The highest BCUT2D eigenvalue weighted by Gasteiger charge is 2.22. The first-order valence-corrected chi connectivity index (χ1v) is 6.49. The normalized spacial score (nSPS) is 11.0. The molecule has 0 spiro atoms. The molecule has 0 saturated heterocycles. The first kappa shape index (κ1) is 14.8. The van der Waals surface area contributed by atoms with Gasteiger partial charge in [0.05, 0.1) is 5.52 Å². The predicted molar refractivity (Wildman–Crippen MR) is 75.0 cm³/mol. The number of fused-ring (bicyclic) bond motifs is 1. The molecule has 2 aromatic rings. The van der Waals surface area contributed by atoms with Crippen molar-refractivity contribution < 1.29 is 19.1 Å². The number of benzene rings is 1. The molecule has 0 saturated carbocycles. The third-order valence-corrected chi connectivity index (χ3v) is 3.12. The molecule has 1 aromatic heterocycles. The molecule has 0 radical (unpaired) electrons. The third kappa shape index (κ3) is 3.13. The van der Waals surface area contributed by atoms with Crippen molar-refractivity contribution in [3.8, 4) is 0 Å². The van der Waals surface area contributed by atoms with E-state index in [0.29, 0.717) is 11.1 Å². The summed E-state index contributed by atoms with van der Waals surface area (Å²) in [6.45, 7) is 2.79. The van der Waals surface area contributed by atoms with Crippen LogP contribution in [-0.4, -0.2) is 39.0 Å². The molecule has 7 heteroatoms. The summed E-state index contributed by atoms with van der Waals surface area (Å²) in [6.07, 6.45) is 0. The lowest BCUT2D eigenvalue weighted by atomic mass is 10.3. The fourth-order valence-corrected chi connectivity index (χ4v) is 2.09. The van der Waals surface area contributed by atoms with Gasteiger partial charge in [-0.05, 0) is 26.0 Å². The predicted octanol–water partition coefficient (Wildman–Crippen LogP) is 0.916. The first-order chi connectivity index (χ1) is 9.90. The lowest BCUT2D eigenvalue weighted by Gasteiger charge is -2.24. The average Bonchev–Trinajstić information content (AvgIpc) is 2.72. The zero-order valence-electron chi connectivity index (χ0n) is 11.8. The molecule has 112 valence electrons. The minimum atomic E-state index is -1.10. The lowest BCUT2D eigenvalue weighted by molar-refractivity contribution is -0.146. The van der Waals surface area contributed by atoms with Crippen LogP contribution < -0.4 is 5.76 Å². The van der Waals surface area contributed by atoms with Crippen molar-refractivity contribution >= 4 is 23.0 Å². The quantitative estimate of drug-likeness (QED) is 0.884. The number of aliphatic carboxylic acids is 1. The number of carboxylic acid groups (broad SMARTS) is 1. The van der Waals surface area contributed by atoms with Gasteiger partial charge in [0, 0.05) is 6.04 Å². The number of carbonyl (C=O) groups is 2. The van der Waals surface area contributed by atoms with Crippen molar-refractivity contribution in [1.29, 1.82) is 0 Å². The Balaban J connectivity index is 2.30. The Morgan fingerprint density at radius 1 is 1.33 bits per heavy atom. The van der Waals surface area contributed by atoms with Gasteiger partial charge >= 0.3 is 11.7 Å². The highest BCUT2D eigenvalue weighted by atomic mass is 16.4. The maximum Gasteiger partial charge on any atom is 0.420 e. The number of para-hydroxylation sites is 2. The molecule has 1 heterocycles. The second-order valence-electron chi connectivity index (χ2n) is 4.93. The molecule has 1 N–H and O–H groups in total. The maximum atomic E-state index is 12.2. The summed E-state index contributed by atoms with van der Waals surface area (Å²) in [7, 11) is 0. The monoisotopic (exact) mass is 292 g/mol. The van der Waals surface area contributed by atoms with Gasteiger partial charge in [0.15, 0.2) is 5.58 Å². The molecule has 21 heavy (non-hydrogen) atoms. The molecule has 0 aliphatic rings. The van der Waals surface area contributed by atoms with Gasteiger partial charge in [-0.15, -0.1) is 0 Å².